The SMILES string of the molecule is CCc1ccc(OCC(=O)NNC(=O)C(C)Oc2ccccc2Cl)c(Br)c1. The molecule has 0 aliphatic carbocycles. The number of rotatable bonds is 7. The van der Waals surface area contributed by atoms with Gasteiger partial charge in [0.2, 0.25) is 0 Å². The first kappa shape index (κ1) is 21.1. The van der Waals surface area contributed by atoms with Gasteiger partial charge in [0, 0.05) is 0 Å². The molecular formula is C19H20BrClN2O4. The number of hydrogen-bond acceptors (Lipinski definition) is 4. The van der Waals surface area contributed by atoms with Gasteiger partial charge in [0.1, 0.15) is 11.5 Å². The van der Waals surface area contributed by atoms with Crippen molar-refractivity contribution in [1.82, 2.24) is 10.9 Å². The van der Waals surface area contributed by atoms with E-state index in [1.165, 1.54) is 0 Å². The molecule has 0 fully saturated rings. The molecular weight excluding hydrogens is 436 g/mol. The van der Waals surface area contributed by atoms with Crippen LogP contribution >= 0.6 is 27.5 Å². The number of amides is 2. The Balaban J connectivity index is 1.77. The van der Waals surface area contributed by atoms with Crippen molar-refractivity contribution in [3.8, 4) is 11.5 Å². The van der Waals surface area contributed by atoms with Crippen LogP contribution in [0.4, 0.5) is 0 Å². The third-order valence-corrected chi connectivity index (χ3v) is 4.53. The Morgan fingerprint density at radius 1 is 1.15 bits per heavy atom. The van der Waals surface area contributed by atoms with Crippen LogP contribution in [0.2, 0.25) is 5.02 Å². The van der Waals surface area contributed by atoms with Gasteiger partial charge >= 0.3 is 0 Å². The molecule has 2 rings (SSSR count). The summed E-state index contributed by atoms with van der Waals surface area (Å²) in [6.07, 6.45) is 0.0571. The largest absolute Gasteiger partial charge is 0.483 e. The summed E-state index contributed by atoms with van der Waals surface area (Å²) in [7, 11) is 0. The second-order valence-electron chi connectivity index (χ2n) is 5.63. The number of aryl methyl sites for hydroxylation is 1. The van der Waals surface area contributed by atoms with Gasteiger partial charge in [0.05, 0.1) is 9.50 Å². The number of halogens is 2. The average molecular weight is 456 g/mol. The first-order valence-electron chi connectivity index (χ1n) is 8.31. The van der Waals surface area contributed by atoms with Crippen LogP contribution in [0.3, 0.4) is 0 Å². The van der Waals surface area contributed by atoms with E-state index in [0.717, 1.165) is 16.5 Å². The summed E-state index contributed by atoms with van der Waals surface area (Å²) in [5, 5.41) is 0.397. The first-order valence-corrected chi connectivity index (χ1v) is 9.49. The lowest BCUT2D eigenvalue weighted by Crippen LogP contribution is -2.48. The van der Waals surface area contributed by atoms with E-state index in [-0.39, 0.29) is 6.61 Å². The van der Waals surface area contributed by atoms with E-state index in [9.17, 15) is 9.59 Å². The van der Waals surface area contributed by atoms with Crippen molar-refractivity contribution in [3.63, 3.8) is 0 Å². The normalized spacial score (nSPS) is 11.4. The van der Waals surface area contributed by atoms with E-state index in [0.29, 0.717) is 16.5 Å². The lowest BCUT2D eigenvalue weighted by atomic mass is 10.2. The summed E-state index contributed by atoms with van der Waals surface area (Å²) < 4.78 is 11.7. The van der Waals surface area contributed by atoms with E-state index >= 15 is 0 Å². The lowest BCUT2D eigenvalue weighted by Gasteiger charge is -2.16. The third kappa shape index (κ3) is 6.45. The molecule has 0 aliphatic heterocycles. The third-order valence-electron chi connectivity index (χ3n) is 3.60. The second-order valence-corrected chi connectivity index (χ2v) is 6.90. The van der Waals surface area contributed by atoms with Gasteiger partial charge in [-0.1, -0.05) is 36.7 Å². The van der Waals surface area contributed by atoms with Crippen molar-refractivity contribution in [2.45, 2.75) is 26.4 Å². The number of hydrogen-bond donors (Lipinski definition) is 2. The highest BCUT2D eigenvalue weighted by atomic mass is 79.9. The summed E-state index contributed by atoms with van der Waals surface area (Å²) in [5.41, 5.74) is 5.73. The van der Waals surface area contributed by atoms with Crippen molar-refractivity contribution < 1.29 is 19.1 Å². The fraction of sp³-hybridized carbons (Fsp3) is 0.263. The molecule has 2 N–H and O–H groups in total. The fourth-order valence-corrected chi connectivity index (χ4v) is 2.80. The molecule has 0 radical (unpaired) electrons. The van der Waals surface area contributed by atoms with Crippen LogP contribution in [-0.4, -0.2) is 24.5 Å². The van der Waals surface area contributed by atoms with E-state index in [1.54, 1.807) is 37.3 Å². The Morgan fingerprint density at radius 3 is 2.56 bits per heavy atom. The van der Waals surface area contributed by atoms with Crippen LogP contribution < -0.4 is 20.3 Å². The highest BCUT2D eigenvalue weighted by molar-refractivity contribution is 9.10. The molecule has 1 unspecified atom stereocenters. The minimum absolute atomic E-state index is 0.246. The molecule has 0 aromatic heterocycles. The quantitative estimate of drug-likeness (QED) is 0.625. The van der Waals surface area contributed by atoms with E-state index in [1.807, 2.05) is 12.1 Å². The van der Waals surface area contributed by atoms with Gasteiger partial charge in [0.25, 0.3) is 11.8 Å². The van der Waals surface area contributed by atoms with Gasteiger partial charge in [0.15, 0.2) is 12.7 Å². The van der Waals surface area contributed by atoms with Crippen molar-refractivity contribution in [2.75, 3.05) is 6.61 Å². The number of nitrogens with one attached hydrogen (secondary N) is 2. The van der Waals surface area contributed by atoms with Crippen LogP contribution in [-0.2, 0) is 16.0 Å². The van der Waals surface area contributed by atoms with E-state index in [2.05, 4.69) is 33.7 Å². The van der Waals surface area contributed by atoms with Crippen LogP contribution in [0, 0.1) is 0 Å². The number of benzene rings is 2. The molecule has 2 aromatic carbocycles. The number of ether oxygens (including phenoxy) is 2. The van der Waals surface area contributed by atoms with E-state index < -0.39 is 17.9 Å². The van der Waals surface area contributed by atoms with Crippen molar-refractivity contribution >= 4 is 39.3 Å². The summed E-state index contributed by atoms with van der Waals surface area (Å²) in [5.74, 6) is -0.0857. The molecule has 8 heteroatoms. The average Bonchev–Trinajstić information content (AvgIpc) is 2.66. The first-order chi connectivity index (χ1) is 12.9. The predicted octanol–water partition coefficient (Wildman–Crippen LogP) is 3.66. The van der Waals surface area contributed by atoms with Gasteiger partial charge in [-0.25, -0.2) is 0 Å². The molecule has 2 amide bonds. The topological polar surface area (TPSA) is 76.7 Å². The maximum absolute atomic E-state index is 12.0. The summed E-state index contributed by atoms with van der Waals surface area (Å²) >= 11 is 9.39. The highest BCUT2D eigenvalue weighted by Gasteiger charge is 2.17. The molecule has 2 aromatic rings. The minimum atomic E-state index is -0.846. The molecule has 0 saturated carbocycles. The van der Waals surface area contributed by atoms with E-state index in [4.69, 9.17) is 21.1 Å². The van der Waals surface area contributed by atoms with Gasteiger partial charge < -0.3 is 9.47 Å². The zero-order valence-electron chi connectivity index (χ0n) is 14.9. The summed E-state index contributed by atoms with van der Waals surface area (Å²) in [4.78, 5) is 23.9. The zero-order chi connectivity index (χ0) is 19.8. The standard InChI is InChI=1S/C19H20BrClN2O4/c1-3-13-8-9-16(14(20)10-13)26-11-18(24)22-23-19(25)12(2)27-17-7-5-4-6-15(17)21/h4-10,12H,3,11H2,1-2H3,(H,22,24)(H,23,25). The van der Waals surface area contributed by atoms with Crippen molar-refractivity contribution in [1.29, 1.82) is 0 Å². The Bertz CT molecular complexity index is 816. The number of carbonyl (C=O) groups excluding carboxylic acids is 2. The Kier molecular flexibility index (Phi) is 7.94. The zero-order valence-corrected chi connectivity index (χ0v) is 17.3. The fourth-order valence-electron chi connectivity index (χ4n) is 2.08. The molecule has 0 heterocycles. The summed E-state index contributed by atoms with van der Waals surface area (Å²) in [6.45, 7) is 3.35. The minimum Gasteiger partial charge on any atom is -0.483 e. The predicted molar refractivity (Wildman–Crippen MR) is 107 cm³/mol. The Hall–Kier alpha value is -2.25. The number of hydrazine groups is 1. The Labute approximate surface area is 171 Å². The Morgan fingerprint density at radius 2 is 1.89 bits per heavy atom. The lowest BCUT2D eigenvalue weighted by molar-refractivity contribution is -0.133. The number of para-hydroxylation sites is 1. The molecule has 144 valence electrons. The van der Waals surface area contributed by atoms with Gasteiger partial charge in [-0.05, 0) is 59.1 Å². The molecule has 1 atom stereocenters. The molecule has 0 spiro atoms. The highest BCUT2D eigenvalue weighted by Crippen LogP contribution is 2.26. The molecule has 0 aliphatic rings. The molecule has 27 heavy (non-hydrogen) atoms. The van der Waals surface area contributed by atoms with Gasteiger partial charge in [-0.3, -0.25) is 20.4 Å². The van der Waals surface area contributed by atoms with Crippen LogP contribution in [0.15, 0.2) is 46.9 Å². The molecule has 6 nitrogen and oxygen atoms in total. The van der Waals surface area contributed by atoms with Crippen molar-refractivity contribution in [2.24, 2.45) is 0 Å². The second kappa shape index (κ2) is 10.2. The van der Waals surface area contributed by atoms with Crippen LogP contribution in [0.25, 0.3) is 0 Å². The maximum Gasteiger partial charge on any atom is 0.279 e. The van der Waals surface area contributed by atoms with Crippen LogP contribution in [0.5, 0.6) is 11.5 Å². The van der Waals surface area contributed by atoms with Crippen molar-refractivity contribution in [3.05, 3.63) is 57.5 Å². The van der Waals surface area contributed by atoms with Gasteiger partial charge in [-0.2, -0.15) is 0 Å². The van der Waals surface area contributed by atoms with Gasteiger partial charge in [-0.15, -0.1) is 0 Å². The smallest absolute Gasteiger partial charge is 0.279 e. The molecule has 0 bridgehead atoms. The maximum atomic E-state index is 12.0. The summed E-state index contributed by atoms with van der Waals surface area (Å²) in [6, 6.07) is 12.5. The molecule has 0 saturated heterocycles. The monoisotopic (exact) mass is 454 g/mol. The number of carbonyl (C=O) groups is 2. The van der Waals surface area contributed by atoms with Crippen LogP contribution in [0.1, 0.15) is 19.4 Å².